The van der Waals surface area contributed by atoms with Gasteiger partial charge in [-0.1, -0.05) is 11.8 Å². The number of aromatic amines is 1. The number of aliphatic imine (C=N–C) groups is 1. The molecule has 0 atom stereocenters. The number of nitrogens with one attached hydrogen (secondary N) is 1. The molecule has 8 rings (SSSR count). The average molecular weight is 917 g/mol. The molecule has 0 aliphatic rings. The van der Waals surface area contributed by atoms with Gasteiger partial charge in [-0.3, -0.25) is 33.7 Å². The summed E-state index contributed by atoms with van der Waals surface area (Å²) in [5.41, 5.74) is 5.75. The van der Waals surface area contributed by atoms with Crippen LogP contribution in [-0.4, -0.2) is 65.0 Å². The third-order valence-corrected chi connectivity index (χ3v) is 8.87. The molecule has 63 heavy (non-hydrogen) atoms. The van der Waals surface area contributed by atoms with Crippen molar-refractivity contribution in [3.05, 3.63) is 176 Å². The lowest BCUT2D eigenvalue weighted by molar-refractivity contribution is 0.0697. The number of carboxylic acids is 1. The predicted molar refractivity (Wildman–Crippen MR) is 232 cm³/mol. The van der Waals surface area contributed by atoms with Gasteiger partial charge >= 0.3 is 5.97 Å². The molecule has 0 saturated heterocycles. The highest BCUT2D eigenvalue weighted by molar-refractivity contribution is 7.98. The molecular weight excluding hydrogens is 891 g/mol. The third-order valence-electron chi connectivity index (χ3n) is 7.85. The summed E-state index contributed by atoms with van der Waals surface area (Å²) in [4.78, 5) is 56.9. The van der Waals surface area contributed by atoms with Gasteiger partial charge in [0, 0.05) is 32.3 Å². The van der Waals surface area contributed by atoms with Crippen LogP contribution in [0.2, 0.25) is 0 Å². The van der Waals surface area contributed by atoms with Crippen molar-refractivity contribution in [2.75, 3.05) is 12.0 Å². The lowest BCUT2D eigenvalue weighted by Crippen LogP contribution is -2.22. The number of H-pyrrole nitrogens is 1. The molecule has 5 heterocycles. The van der Waals surface area contributed by atoms with E-state index in [9.17, 15) is 40.7 Å². The molecule has 0 saturated carbocycles. The van der Waals surface area contributed by atoms with Crippen molar-refractivity contribution in [2.45, 2.75) is 5.16 Å². The summed E-state index contributed by atoms with van der Waals surface area (Å²) in [6.07, 6.45) is 8.98. The molecule has 0 aliphatic heterocycles. The Morgan fingerprint density at radius 2 is 1.25 bits per heavy atom. The summed E-state index contributed by atoms with van der Waals surface area (Å²) in [7, 11) is 0. The maximum absolute atomic E-state index is 13.3. The normalized spacial score (nSPS) is 10.1. The van der Waals surface area contributed by atoms with Gasteiger partial charge in [-0.15, -0.1) is 0 Å². The van der Waals surface area contributed by atoms with Crippen LogP contribution in [0.25, 0.3) is 33.2 Å². The van der Waals surface area contributed by atoms with Gasteiger partial charge in [0.1, 0.15) is 34.9 Å². The first-order chi connectivity index (χ1) is 29.6. The first kappa shape index (κ1) is 48.3. The van der Waals surface area contributed by atoms with E-state index in [4.69, 9.17) is 23.1 Å². The van der Waals surface area contributed by atoms with Gasteiger partial charge in [-0.05, 0) is 85.3 Å². The van der Waals surface area contributed by atoms with E-state index in [-0.39, 0.29) is 46.6 Å². The number of anilines is 1. The number of carboxylic acid groups (broad SMARTS) is 1. The van der Waals surface area contributed by atoms with Crippen LogP contribution >= 0.6 is 36.2 Å². The second-order valence-corrected chi connectivity index (χ2v) is 13.3. The number of nitrogens with zero attached hydrogens (tertiary/aromatic N) is 7. The standard InChI is InChI=1S/C14H9F2N3OS.C13H7F2N3OS.C7H6FNO2.C6H3FN2S.B/c1-21-14-18-12-3-2-8(15)5-11(12)13(20)19(14)10-4-9(16)6-17-7-10;14-7-1-2-11-10(4-7)12(19)18(13(20)17-11)9-3-8(15)5-16-6-9;8-4-1-2-6(9)5(3-4)7(10)11;7-5-1-6(9-4-10)3-8-2-5;/h2-7H,1H3;1-6H,(H,17,20);1-3H,9H2,(H,10,11);1-3H;. The molecule has 13 nitrogen and oxygen atoms in total. The summed E-state index contributed by atoms with van der Waals surface area (Å²) in [5, 5.41) is 11.2. The SMILES string of the molecule is CSc1nc2ccc(F)cc2c(=O)n1-c1cncc(F)c1.Fc1cncc(N=C=S)c1.Nc1ccc(F)cc1C(=O)O.O=c1c2cc(F)ccc2[nH]c(=S)n1-c1cncc(F)c1.[B]. The number of aromatic nitrogens is 7. The van der Waals surface area contributed by atoms with Crippen LogP contribution in [0, 0.1) is 39.7 Å². The smallest absolute Gasteiger partial charge is 0.337 e. The van der Waals surface area contributed by atoms with E-state index in [0.29, 0.717) is 21.9 Å². The Balaban J connectivity index is 0.000000193. The fraction of sp³-hybridized carbons (Fsp3) is 0.0250. The first-order valence-corrected chi connectivity index (χ1v) is 19.0. The van der Waals surface area contributed by atoms with Gasteiger partial charge in [0.2, 0.25) is 0 Å². The fourth-order valence-corrected chi connectivity index (χ4v) is 6.16. The topological polar surface area (TPSA) is 187 Å². The minimum Gasteiger partial charge on any atom is -0.478 e. The van der Waals surface area contributed by atoms with Crippen LogP contribution in [-0.2, 0) is 0 Å². The van der Waals surface area contributed by atoms with E-state index in [1.165, 1.54) is 77.4 Å². The van der Waals surface area contributed by atoms with Gasteiger partial charge in [-0.25, -0.2) is 36.1 Å². The number of isothiocyanates is 1. The number of benzene rings is 3. The highest BCUT2D eigenvalue weighted by Crippen LogP contribution is 2.20. The van der Waals surface area contributed by atoms with Crippen molar-refractivity contribution in [1.82, 2.24) is 34.1 Å². The van der Waals surface area contributed by atoms with Gasteiger partial charge < -0.3 is 15.8 Å². The molecule has 5 aromatic heterocycles. The largest absolute Gasteiger partial charge is 0.478 e. The molecule has 0 amide bonds. The van der Waals surface area contributed by atoms with Crippen molar-refractivity contribution >= 4 is 88.9 Å². The van der Waals surface area contributed by atoms with Crippen molar-refractivity contribution in [3.63, 3.8) is 0 Å². The average Bonchev–Trinajstić information content (AvgIpc) is 3.23. The molecule has 3 radical (unpaired) electrons. The highest BCUT2D eigenvalue weighted by atomic mass is 32.2. The van der Waals surface area contributed by atoms with E-state index in [2.05, 4.69) is 47.3 Å². The Bertz CT molecular complexity index is 3210. The minimum atomic E-state index is -1.22. The van der Waals surface area contributed by atoms with E-state index in [1.54, 1.807) is 6.26 Å². The number of nitrogen functional groups attached to an aromatic ring is 1. The van der Waals surface area contributed by atoms with Gasteiger partial charge in [0.05, 0.1) is 86.8 Å². The number of carbonyl (C=O) groups is 1. The van der Waals surface area contributed by atoms with Gasteiger partial charge in [-0.2, -0.15) is 4.99 Å². The number of hydrogen-bond acceptors (Lipinski definition) is 12. The fourth-order valence-electron chi connectivity index (χ4n) is 5.20. The Kier molecular flexibility index (Phi) is 16.9. The molecule has 0 aliphatic carbocycles. The first-order valence-electron chi connectivity index (χ1n) is 17.0. The molecule has 317 valence electrons. The number of halogens is 6. The molecule has 0 unspecified atom stereocenters. The summed E-state index contributed by atoms with van der Waals surface area (Å²) in [6, 6.07) is 14.3. The molecule has 23 heteroatoms. The van der Waals surface area contributed by atoms with Crippen LogP contribution in [0.15, 0.2) is 130 Å². The highest BCUT2D eigenvalue weighted by Gasteiger charge is 2.14. The van der Waals surface area contributed by atoms with Crippen LogP contribution in [0.4, 0.5) is 37.7 Å². The molecule has 0 spiro atoms. The molecule has 8 aromatic rings. The molecule has 0 fully saturated rings. The molecule has 0 bridgehead atoms. The molecule has 3 aromatic carbocycles. The Labute approximate surface area is 367 Å². The summed E-state index contributed by atoms with van der Waals surface area (Å²) in [5.74, 6) is -4.47. The lowest BCUT2D eigenvalue weighted by Gasteiger charge is -2.11. The van der Waals surface area contributed by atoms with Crippen LogP contribution in [0.3, 0.4) is 0 Å². The number of pyridine rings is 3. The van der Waals surface area contributed by atoms with Crippen LogP contribution in [0.1, 0.15) is 10.4 Å². The van der Waals surface area contributed by atoms with E-state index >= 15 is 0 Å². The number of hydrogen-bond donors (Lipinski definition) is 3. The van der Waals surface area contributed by atoms with Gasteiger partial charge in [0.15, 0.2) is 9.93 Å². The summed E-state index contributed by atoms with van der Waals surface area (Å²) >= 11 is 10.6. The zero-order valence-electron chi connectivity index (χ0n) is 31.8. The number of thioether (sulfide) groups is 1. The summed E-state index contributed by atoms with van der Waals surface area (Å²) in [6.45, 7) is 0. The summed E-state index contributed by atoms with van der Waals surface area (Å²) < 4.78 is 80.2. The maximum atomic E-state index is 13.3. The number of rotatable bonds is 5. The Hall–Kier alpha value is -7.33. The zero-order chi connectivity index (χ0) is 45.1. The van der Waals surface area contributed by atoms with Crippen molar-refractivity contribution in [1.29, 1.82) is 0 Å². The predicted octanol–water partition coefficient (Wildman–Crippen LogP) is 8.18. The van der Waals surface area contributed by atoms with Gasteiger partial charge in [0.25, 0.3) is 11.1 Å². The lowest BCUT2D eigenvalue weighted by atomic mass is 10.2. The minimum absolute atomic E-state index is 0. The van der Waals surface area contributed by atoms with Crippen molar-refractivity contribution in [3.8, 4) is 11.4 Å². The zero-order valence-corrected chi connectivity index (χ0v) is 34.3. The quantitative estimate of drug-likeness (QED) is 0.0286. The maximum Gasteiger partial charge on any atom is 0.337 e. The number of thiocarbonyl (C=S) groups is 1. The molecule has 4 N–H and O–H groups in total. The van der Waals surface area contributed by atoms with E-state index < -0.39 is 52.0 Å². The number of fused-ring (bicyclic) bond motifs is 2. The third kappa shape index (κ3) is 12.4. The van der Waals surface area contributed by atoms with E-state index in [1.807, 2.05) is 0 Å². The Morgan fingerprint density at radius 1 is 0.730 bits per heavy atom. The van der Waals surface area contributed by atoms with Crippen molar-refractivity contribution in [2.24, 2.45) is 4.99 Å². The van der Waals surface area contributed by atoms with E-state index in [0.717, 1.165) is 53.5 Å². The van der Waals surface area contributed by atoms with Crippen LogP contribution in [0.5, 0.6) is 0 Å². The second-order valence-electron chi connectivity index (χ2n) is 12.0. The van der Waals surface area contributed by atoms with Crippen molar-refractivity contribution < 1.29 is 36.2 Å². The second kappa shape index (κ2) is 22.0. The Morgan fingerprint density at radius 3 is 1.81 bits per heavy atom. The number of nitrogens with two attached hydrogens (primary N) is 1. The number of aromatic carboxylic acids is 1. The van der Waals surface area contributed by atoms with Crippen LogP contribution < -0.4 is 16.9 Å². The monoisotopic (exact) mass is 916 g/mol. The molecular formula is C40H25BF6N9O4S3.